The van der Waals surface area contributed by atoms with Gasteiger partial charge in [0.05, 0.1) is 11.0 Å². The van der Waals surface area contributed by atoms with Crippen LogP contribution in [0.5, 0.6) is 0 Å². The Morgan fingerprint density at radius 2 is 1.94 bits per heavy atom. The van der Waals surface area contributed by atoms with E-state index in [0.29, 0.717) is 6.54 Å². The van der Waals surface area contributed by atoms with Crippen molar-refractivity contribution in [2.75, 3.05) is 19.6 Å². The molecule has 3 N–H and O–H groups in total. The van der Waals surface area contributed by atoms with Gasteiger partial charge in [-0.05, 0) is 39.2 Å². The number of rotatable bonds is 3. The fraction of sp³-hybridized carbons (Fsp3) is 0.929. The summed E-state index contributed by atoms with van der Waals surface area (Å²) < 4.78 is 0. The molecule has 1 heterocycles. The summed E-state index contributed by atoms with van der Waals surface area (Å²) in [4.78, 5) is 12.2. The van der Waals surface area contributed by atoms with Gasteiger partial charge in [-0.2, -0.15) is 0 Å². The van der Waals surface area contributed by atoms with Crippen LogP contribution in [0.25, 0.3) is 0 Å². The van der Waals surface area contributed by atoms with Crippen LogP contribution in [0, 0.1) is 5.41 Å². The minimum atomic E-state index is -0.660. The van der Waals surface area contributed by atoms with E-state index >= 15 is 0 Å². The molecule has 1 unspecified atom stereocenters. The Morgan fingerprint density at radius 3 is 2.56 bits per heavy atom. The number of carbonyl (C=O) groups excluding carboxylic acids is 1. The van der Waals surface area contributed by atoms with E-state index in [-0.39, 0.29) is 11.3 Å². The van der Waals surface area contributed by atoms with Crippen molar-refractivity contribution in [3.8, 4) is 0 Å². The molecule has 2 fully saturated rings. The van der Waals surface area contributed by atoms with Gasteiger partial charge in [-0.3, -0.25) is 4.79 Å². The molecule has 1 saturated heterocycles. The molecule has 2 aliphatic rings. The SMILES string of the molecule is CC1(C(=O)NCC2(O)CCCCC2)CCCNC1. The molecule has 0 spiro atoms. The molecule has 1 aliphatic carbocycles. The second-order valence-corrected chi connectivity index (χ2v) is 6.31. The van der Waals surface area contributed by atoms with Gasteiger partial charge in [-0.15, -0.1) is 0 Å². The minimum absolute atomic E-state index is 0.0914. The molecule has 4 heteroatoms. The van der Waals surface area contributed by atoms with Crippen molar-refractivity contribution in [3.05, 3.63) is 0 Å². The lowest BCUT2D eigenvalue weighted by molar-refractivity contribution is -0.132. The molecule has 0 radical (unpaired) electrons. The van der Waals surface area contributed by atoms with Gasteiger partial charge in [0.2, 0.25) is 5.91 Å². The van der Waals surface area contributed by atoms with Gasteiger partial charge in [-0.1, -0.05) is 19.3 Å². The first-order chi connectivity index (χ1) is 8.54. The first-order valence-electron chi connectivity index (χ1n) is 7.26. The predicted octanol–water partition coefficient (Wildman–Crippen LogP) is 1.19. The van der Waals surface area contributed by atoms with Crippen LogP contribution in [0.4, 0.5) is 0 Å². The van der Waals surface area contributed by atoms with Crippen LogP contribution in [0.2, 0.25) is 0 Å². The molecule has 104 valence electrons. The highest BCUT2D eigenvalue weighted by molar-refractivity contribution is 5.82. The molecule has 0 aromatic rings. The molecule has 0 aromatic heterocycles. The summed E-state index contributed by atoms with van der Waals surface area (Å²) in [6, 6.07) is 0. The van der Waals surface area contributed by atoms with Crippen molar-refractivity contribution in [1.82, 2.24) is 10.6 Å². The Hall–Kier alpha value is -0.610. The van der Waals surface area contributed by atoms with Gasteiger partial charge in [0.15, 0.2) is 0 Å². The lowest BCUT2D eigenvalue weighted by Gasteiger charge is -2.36. The highest BCUT2D eigenvalue weighted by Crippen LogP contribution is 2.29. The van der Waals surface area contributed by atoms with Crippen molar-refractivity contribution >= 4 is 5.91 Å². The van der Waals surface area contributed by atoms with E-state index in [0.717, 1.165) is 51.6 Å². The van der Waals surface area contributed by atoms with E-state index in [2.05, 4.69) is 10.6 Å². The minimum Gasteiger partial charge on any atom is -0.388 e. The van der Waals surface area contributed by atoms with Crippen LogP contribution in [0.15, 0.2) is 0 Å². The fourth-order valence-electron chi connectivity index (χ4n) is 3.09. The number of hydrogen-bond donors (Lipinski definition) is 3. The van der Waals surface area contributed by atoms with Gasteiger partial charge >= 0.3 is 0 Å². The third-order valence-electron chi connectivity index (χ3n) is 4.51. The average Bonchev–Trinajstić information content (AvgIpc) is 2.38. The molecule has 1 saturated carbocycles. The third-order valence-corrected chi connectivity index (χ3v) is 4.51. The summed E-state index contributed by atoms with van der Waals surface area (Å²) in [6.45, 7) is 4.19. The largest absolute Gasteiger partial charge is 0.388 e. The average molecular weight is 254 g/mol. The van der Waals surface area contributed by atoms with E-state index in [1.165, 1.54) is 6.42 Å². The second kappa shape index (κ2) is 5.57. The summed E-state index contributed by atoms with van der Waals surface area (Å²) in [7, 11) is 0. The maximum absolute atomic E-state index is 12.2. The Balaban J connectivity index is 1.83. The molecule has 18 heavy (non-hydrogen) atoms. The zero-order valence-electron chi connectivity index (χ0n) is 11.4. The smallest absolute Gasteiger partial charge is 0.227 e. The normalized spacial score (nSPS) is 31.9. The number of hydrogen-bond acceptors (Lipinski definition) is 3. The number of amides is 1. The zero-order chi connectivity index (χ0) is 13.1. The second-order valence-electron chi connectivity index (χ2n) is 6.31. The highest BCUT2D eigenvalue weighted by Gasteiger charge is 2.36. The van der Waals surface area contributed by atoms with Gasteiger partial charge in [0.1, 0.15) is 0 Å². The molecule has 0 bridgehead atoms. The molecule has 1 aliphatic heterocycles. The van der Waals surface area contributed by atoms with Crippen LogP contribution in [0.1, 0.15) is 51.9 Å². The van der Waals surface area contributed by atoms with Gasteiger partial charge < -0.3 is 15.7 Å². The van der Waals surface area contributed by atoms with Crippen molar-refractivity contribution in [2.45, 2.75) is 57.5 Å². The maximum Gasteiger partial charge on any atom is 0.227 e. The number of aliphatic hydroxyl groups is 1. The van der Waals surface area contributed by atoms with E-state index in [4.69, 9.17) is 0 Å². The van der Waals surface area contributed by atoms with Crippen molar-refractivity contribution < 1.29 is 9.90 Å². The number of piperidine rings is 1. The van der Waals surface area contributed by atoms with Crippen LogP contribution in [0.3, 0.4) is 0 Å². The molecule has 4 nitrogen and oxygen atoms in total. The maximum atomic E-state index is 12.2. The molecule has 0 aromatic carbocycles. The fourth-order valence-corrected chi connectivity index (χ4v) is 3.09. The van der Waals surface area contributed by atoms with Crippen molar-refractivity contribution in [2.24, 2.45) is 5.41 Å². The third kappa shape index (κ3) is 3.23. The van der Waals surface area contributed by atoms with E-state index < -0.39 is 5.60 Å². The molecule has 2 rings (SSSR count). The Kier molecular flexibility index (Phi) is 4.28. The van der Waals surface area contributed by atoms with Crippen LogP contribution < -0.4 is 10.6 Å². The van der Waals surface area contributed by atoms with Gasteiger partial charge in [0, 0.05) is 13.1 Å². The summed E-state index contributed by atoms with van der Waals surface area (Å²) in [5.74, 6) is 0.0914. The Morgan fingerprint density at radius 1 is 1.22 bits per heavy atom. The summed E-state index contributed by atoms with van der Waals surface area (Å²) in [5, 5.41) is 16.6. The Labute approximate surface area is 110 Å². The molecular weight excluding hydrogens is 228 g/mol. The molecule has 1 amide bonds. The Bertz CT molecular complexity index is 292. The summed E-state index contributed by atoms with van der Waals surface area (Å²) in [5.41, 5.74) is -0.963. The van der Waals surface area contributed by atoms with Crippen LogP contribution in [-0.4, -0.2) is 36.2 Å². The first-order valence-corrected chi connectivity index (χ1v) is 7.26. The molecular formula is C14H26N2O2. The summed E-state index contributed by atoms with van der Waals surface area (Å²) >= 11 is 0. The zero-order valence-corrected chi connectivity index (χ0v) is 11.4. The van der Waals surface area contributed by atoms with Gasteiger partial charge in [-0.25, -0.2) is 0 Å². The highest BCUT2D eigenvalue weighted by atomic mass is 16.3. The number of nitrogens with one attached hydrogen (secondary N) is 2. The molecule has 1 atom stereocenters. The van der Waals surface area contributed by atoms with Crippen molar-refractivity contribution in [1.29, 1.82) is 0 Å². The monoisotopic (exact) mass is 254 g/mol. The topological polar surface area (TPSA) is 61.4 Å². The predicted molar refractivity (Wildman–Crippen MR) is 71.3 cm³/mol. The van der Waals surface area contributed by atoms with E-state index in [9.17, 15) is 9.90 Å². The first kappa shape index (κ1) is 13.8. The van der Waals surface area contributed by atoms with Crippen LogP contribution >= 0.6 is 0 Å². The van der Waals surface area contributed by atoms with E-state index in [1.807, 2.05) is 6.92 Å². The lowest BCUT2D eigenvalue weighted by atomic mass is 9.81. The van der Waals surface area contributed by atoms with Crippen molar-refractivity contribution in [3.63, 3.8) is 0 Å². The van der Waals surface area contributed by atoms with E-state index in [1.54, 1.807) is 0 Å². The quantitative estimate of drug-likeness (QED) is 0.709. The summed E-state index contributed by atoms with van der Waals surface area (Å²) in [6.07, 6.45) is 6.98. The number of carbonyl (C=O) groups is 1. The van der Waals surface area contributed by atoms with Crippen LogP contribution in [-0.2, 0) is 4.79 Å². The standard InChI is InChI=1S/C14H26N2O2/c1-13(6-5-9-15-10-13)12(17)16-11-14(18)7-3-2-4-8-14/h15,18H,2-11H2,1H3,(H,16,17). The lowest BCUT2D eigenvalue weighted by Crippen LogP contribution is -2.52. The van der Waals surface area contributed by atoms with Gasteiger partial charge in [0.25, 0.3) is 0 Å².